The quantitative estimate of drug-likeness (QED) is 0.265. The van der Waals surface area contributed by atoms with Crippen molar-refractivity contribution in [2.24, 2.45) is 0 Å². The predicted octanol–water partition coefficient (Wildman–Crippen LogP) is 3.65. The molecule has 4 aromatic rings. The Hall–Kier alpha value is -3.80. The Kier molecular flexibility index (Phi) is 7.68. The lowest BCUT2D eigenvalue weighted by atomic mass is 10.1. The molecule has 1 aromatic carbocycles. The minimum absolute atomic E-state index is 0.0264. The van der Waals surface area contributed by atoms with Gasteiger partial charge in [0.2, 0.25) is 11.9 Å². The maximum Gasteiger partial charge on any atom is 0.268 e. The fourth-order valence-corrected chi connectivity index (χ4v) is 5.51. The molecular formula is C27H30N6O4S. The monoisotopic (exact) mass is 534 g/mol. The van der Waals surface area contributed by atoms with Crippen molar-refractivity contribution in [3.05, 3.63) is 66.0 Å². The van der Waals surface area contributed by atoms with Crippen LogP contribution in [-0.2, 0) is 17.9 Å². The van der Waals surface area contributed by atoms with Gasteiger partial charge in [0.1, 0.15) is 0 Å². The van der Waals surface area contributed by atoms with Crippen molar-refractivity contribution in [3.63, 3.8) is 0 Å². The molecule has 0 bridgehead atoms. The number of carbonyl (C=O) groups is 2. The van der Waals surface area contributed by atoms with Gasteiger partial charge in [-0.25, -0.2) is 9.97 Å². The summed E-state index contributed by atoms with van der Waals surface area (Å²) < 4.78 is 7.33. The second-order valence-corrected chi connectivity index (χ2v) is 10.4. The summed E-state index contributed by atoms with van der Waals surface area (Å²) in [6.45, 7) is 7.37. The molecule has 5 rings (SSSR count). The molecule has 0 aliphatic carbocycles. The fraction of sp³-hybridized carbons (Fsp3) is 0.333. The van der Waals surface area contributed by atoms with E-state index in [-0.39, 0.29) is 30.5 Å². The number of aliphatic hydroxyl groups is 1. The predicted molar refractivity (Wildman–Crippen MR) is 146 cm³/mol. The summed E-state index contributed by atoms with van der Waals surface area (Å²) in [5, 5.41) is 15.6. The van der Waals surface area contributed by atoms with Crippen molar-refractivity contribution in [2.75, 3.05) is 18.5 Å². The molecule has 1 saturated heterocycles. The number of nitrogens with zero attached hydrogens (tertiary/aromatic N) is 4. The smallest absolute Gasteiger partial charge is 0.268 e. The van der Waals surface area contributed by atoms with Crippen LogP contribution in [-0.4, -0.2) is 61.6 Å². The minimum atomic E-state index is -0.276. The highest BCUT2D eigenvalue weighted by atomic mass is 32.1. The van der Waals surface area contributed by atoms with E-state index in [2.05, 4.69) is 22.2 Å². The van der Waals surface area contributed by atoms with Crippen LogP contribution in [0, 0.1) is 0 Å². The highest BCUT2D eigenvalue weighted by Gasteiger charge is 2.29. The summed E-state index contributed by atoms with van der Waals surface area (Å²) >= 11 is 1.31. The number of aliphatic hydroxyl groups excluding tert-OH is 1. The maximum atomic E-state index is 13.2. The molecule has 198 valence electrons. The Bertz CT molecular complexity index is 1440. The Labute approximate surface area is 224 Å². The minimum Gasteiger partial charge on any atom is -0.443 e. The Morgan fingerprint density at radius 2 is 2.21 bits per heavy atom. The van der Waals surface area contributed by atoms with Crippen LogP contribution in [0.25, 0.3) is 21.7 Å². The average Bonchev–Trinajstić information content (AvgIpc) is 3.74. The first kappa shape index (κ1) is 25.8. The number of nitrogens with one attached hydrogen (secondary N) is 2. The van der Waals surface area contributed by atoms with Crippen LogP contribution < -0.4 is 10.6 Å². The number of hydrogen-bond donors (Lipinski definition) is 3. The molecule has 3 aromatic heterocycles. The fourth-order valence-electron chi connectivity index (χ4n) is 4.66. The molecule has 0 radical (unpaired) electrons. The zero-order valence-electron chi connectivity index (χ0n) is 21.1. The summed E-state index contributed by atoms with van der Waals surface area (Å²) in [5.41, 5.74) is 2.62. The number of amides is 2. The number of likely N-dealkylation sites (tertiary alicyclic amines) is 1. The molecule has 1 fully saturated rings. The molecule has 3 N–H and O–H groups in total. The number of fused-ring (bicyclic) bond motifs is 1. The summed E-state index contributed by atoms with van der Waals surface area (Å²) in [7, 11) is 0. The Morgan fingerprint density at radius 1 is 1.34 bits per heavy atom. The third-order valence-electron chi connectivity index (χ3n) is 6.70. The van der Waals surface area contributed by atoms with Gasteiger partial charge in [-0.3, -0.25) is 14.9 Å². The normalized spacial score (nSPS) is 16.2. The first-order chi connectivity index (χ1) is 18.5. The van der Waals surface area contributed by atoms with Gasteiger partial charge in [-0.05, 0) is 55.7 Å². The molecule has 1 aliphatic heterocycles. The van der Waals surface area contributed by atoms with Gasteiger partial charge in [-0.1, -0.05) is 12.6 Å². The molecule has 4 heterocycles. The zero-order valence-corrected chi connectivity index (χ0v) is 21.9. The second kappa shape index (κ2) is 11.3. The number of thiophene rings is 1. The number of benzene rings is 1. The molecule has 1 aliphatic rings. The van der Waals surface area contributed by atoms with E-state index in [0.717, 1.165) is 34.3 Å². The largest absolute Gasteiger partial charge is 0.443 e. The second-order valence-electron chi connectivity index (χ2n) is 9.35. The number of imidazole rings is 1. The van der Waals surface area contributed by atoms with E-state index in [0.29, 0.717) is 36.2 Å². The molecule has 10 nitrogen and oxygen atoms in total. The van der Waals surface area contributed by atoms with Crippen molar-refractivity contribution < 1.29 is 19.1 Å². The van der Waals surface area contributed by atoms with Crippen molar-refractivity contribution in [1.82, 2.24) is 24.8 Å². The van der Waals surface area contributed by atoms with E-state index >= 15 is 0 Å². The molecule has 0 spiro atoms. The van der Waals surface area contributed by atoms with Gasteiger partial charge in [0.05, 0.1) is 39.6 Å². The molecule has 38 heavy (non-hydrogen) atoms. The zero-order chi connectivity index (χ0) is 26.6. The SMILES string of the molecule is C=CC(=O)N1CCCC1Cn1c(NC(=O)c2ccc(-c3cnco3)s2)nc2cc(CNC(C)CO)ccc21. The Morgan fingerprint density at radius 3 is 2.97 bits per heavy atom. The van der Waals surface area contributed by atoms with Crippen LogP contribution in [0.2, 0.25) is 0 Å². The molecule has 2 unspecified atom stereocenters. The molecule has 0 saturated carbocycles. The van der Waals surface area contributed by atoms with Gasteiger partial charge in [-0.2, -0.15) is 0 Å². The number of oxazole rings is 1. The van der Waals surface area contributed by atoms with Crippen LogP contribution in [0.15, 0.2) is 60.0 Å². The summed E-state index contributed by atoms with van der Waals surface area (Å²) in [5.74, 6) is 0.659. The summed E-state index contributed by atoms with van der Waals surface area (Å²) in [4.78, 5) is 37.6. The first-order valence-corrected chi connectivity index (χ1v) is 13.3. The Balaban J connectivity index is 1.45. The van der Waals surface area contributed by atoms with Gasteiger partial charge in [0, 0.05) is 25.7 Å². The van der Waals surface area contributed by atoms with Crippen LogP contribution in [0.3, 0.4) is 0 Å². The van der Waals surface area contributed by atoms with Gasteiger partial charge in [0.15, 0.2) is 12.2 Å². The first-order valence-electron chi connectivity index (χ1n) is 12.5. The van der Waals surface area contributed by atoms with Crippen molar-refractivity contribution in [1.29, 1.82) is 0 Å². The summed E-state index contributed by atoms with van der Waals surface area (Å²) in [6.07, 6.45) is 6.09. The topological polar surface area (TPSA) is 126 Å². The third-order valence-corrected chi connectivity index (χ3v) is 7.80. The molecule has 2 amide bonds. The summed E-state index contributed by atoms with van der Waals surface area (Å²) in [6, 6.07) is 9.49. The van der Waals surface area contributed by atoms with E-state index < -0.39 is 0 Å². The number of anilines is 1. The lowest BCUT2D eigenvalue weighted by Crippen LogP contribution is -2.37. The highest BCUT2D eigenvalue weighted by molar-refractivity contribution is 7.17. The lowest BCUT2D eigenvalue weighted by Gasteiger charge is -2.24. The number of hydrogen-bond acceptors (Lipinski definition) is 8. The van der Waals surface area contributed by atoms with Crippen LogP contribution in [0.4, 0.5) is 5.95 Å². The van der Waals surface area contributed by atoms with Gasteiger partial charge >= 0.3 is 0 Å². The lowest BCUT2D eigenvalue weighted by molar-refractivity contribution is -0.126. The maximum absolute atomic E-state index is 13.2. The van der Waals surface area contributed by atoms with Gasteiger partial charge in [-0.15, -0.1) is 11.3 Å². The average molecular weight is 535 g/mol. The van der Waals surface area contributed by atoms with E-state index in [1.54, 1.807) is 12.3 Å². The van der Waals surface area contributed by atoms with Crippen molar-refractivity contribution in [2.45, 2.75) is 44.9 Å². The number of rotatable bonds is 10. The highest BCUT2D eigenvalue weighted by Crippen LogP contribution is 2.30. The molecular weight excluding hydrogens is 504 g/mol. The van der Waals surface area contributed by atoms with Crippen LogP contribution in [0.5, 0.6) is 0 Å². The van der Waals surface area contributed by atoms with Gasteiger partial charge < -0.3 is 24.3 Å². The van der Waals surface area contributed by atoms with E-state index in [1.165, 1.54) is 23.8 Å². The van der Waals surface area contributed by atoms with Crippen molar-refractivity contribution >= 4 is 40.1 Å². The van der Waals surface area contributed by atoms with Crippen molar-refractivity contribution in [3.8, 4) is 10.6 Å². The molecule has 2 atom stereocenters. The van der Waals surface area contributed by atoms with Crippen LogP contribution >= 0.6 is 11.3 Å². The molecule has 11 heteroatoms. The standard InChI is InChI=1S/C27H30N6O4S/c1-3-25(35)32-10-4-5-19(32)14-33-21-7-6-18(12-29-17(2)15-34)11-20(21)30-27(33)31-26(36)24-9-8-23(38-24)22-13-28-16-37-22/h3,6-9,11,13,16-17,19,29,34H,1,4-5,10,12,14-15H2,2H3,(H,30,31,36). The van der Waals surface area contributed by atoms with E-state index in [9.17, 15) is 14.7 Å². The van der Waals surface area contributed by atoms with Crippen LogP contribution in [0.1, 0.15) is 35.0 Å². The van der Waals surface area contributed by atoms with Gasteiger partial charge in [0.25, 0.3) is 5.91 Å². The van der Waals surface area contributed by atoms with E-state index in [1.807, 2.05) is 40.7 Å². The van der Waals surface area contributed by atoms with E-state index in [4.69, 9.17) is 9.40 Å². The number of carbonyl (C=O) groups excluding carboxylic acids is 2. The number of aromatic nitrogens is 3. The third kappa shape index (κ3) is 5.40.